The molecule has 1 aromatic carbocycles. The lowest BCUT2D eigenvalue weighted by Crippen LogP contribution is -2.37. The molecule has 3 aromatic rings. The van der Waals surface area contributed by atoms with Crippen molar-refractivity contribution in [2.75, 3.05) is 12.3 Å². The van der Waals surface area contributed by atoms with Crippen LogP contribution in [0.1, 0.15) is 31.9 Å². The van der Waals surface area contributed by atoms with Gasteiger partial charge in [-0.1, -0.05) is 30.2 Å². The van der Waals surface area contributed by atoms with Gasteiger partial charge in [0.1, 0.15) is 5.65 Å². The zero-order chi connectivity index (χ0) is 17.4. The zero-order valence-electron chi connectivity index (χ0n) is 14.5. The van der Waals surface area contributed by atoms with Crippen LogP contribution in [0.2, 0.25) is 5.02 Å². The standard InChI is InChI=1S/C20H23ClN4/c1-14-4-2-3-11-24(14)13-18-20(15-5-7-16(21)8-6-15)23-19-10-9-17(22)12-25(18)19/h5-10,12,14H,2-4,11,13,22H2,1H3. The van der Waals surface area contributed by atoms with Crippen LogP contribution in [0.15, 0.2) is 42.6 Å². The van der Waals surface area contributed by atoms with Crippen molar-refractivity contribution in [1.82, 2.24) is 14.3 Å². The summed E-state index contributed by atoms with van der Waals surface area (Å²) in [5.41, 5.74) is 11.0. The summed E-state index contributed by atoms with van der Waals surface area (Å²) in [6, 6.07) is 12.4. The first-order valence-corrected chi connectivity index (χ1v) is 9.26. The molecule has 1 aliphatic heterocycles. The van der Waals surface area contributed by atoms with Gasteiger partial charge in [0, 0.05) is 35.1 Å². The Hall–Kier alpha value is -2.04. The molecule has 0 radical (unpaired) electrons. The van der Waals surface area contributed by atoms with Gasteiger partial charge in [0.25, 0.3) is 0 Å². The molecule has 1 fully saturated rings. The Morgan fingerprint density at radius 2 is 1.96 bits per heavy atom. The second-order valence-electron chi connectivity index (χ2n) is 6.92. The largest absolute Gasteiger partial charge is 0.398 e. The van der Waals surface area contributed by atoms with Crippen LogP contribution in [-0.2, 0) is 6.54 Å². The molecule has 1 saturated heterocycles. The summed E-state index contributed by atoms with van der Waals surface area (Å²) in [5, 5.41) is 0.739. The van der Waals surface area contributed by atoms with Gasteiger partial charge in [0.2, 0.25) is 0 Å². The maximum Gasteiger partial charge on any atom is 0.137 e. The average Bonchev–Trinajstić information content (AvgIpc) is 2.95. The van der Waals surface area contributed by atoms with Crippen molar-refractivity contribution in [2.24, 2.45) is 0 Å². The minimum absolute atomic E-state index is 0.596. The van der Waals surface area contributed by atoms with Crippen molar-refractivity contribution in [3.05, 3.63) is 53.3 Å². The first-order valence-electron chi connectivity index (χ1n) is 8.88. The van der Waals surface area contributed by atoms with E-state index < -0.39 is 0 Å². The number of piperidine rings is 1. The van der Waals surface area contributed by atoms with Gasteiger partial charge < -0.3 is 10.1 Å². The minimum Gasteiger partial charge on any atom is -0.398 e. The number of nitrogen functional groups attached to an aromatic ring is 1. The van der Waals surface area contributed by atoms with Crippen molar-refractivity contribution in [3.63, 3.8) is 0 Å². The topological polar surface area (TPSA) is 46.6 Å². The van der Waals surface area contributed by atoms with Crippen LogP contribution in [0, 0.1) is 0 Å². The number of imidazole rings is 1. The molecule has 0 amide bonds. The lowest BCUT2D eigenvalue weighted by Gasteiger charge is -2.33. The molecular weight excluding hydrogens is 332 g/mol. The maximum atomic E-state index is 6.06. The molecular formula is C20H23ClN4. The van der Waals surface area contributed by atoms with Crippen LogP contribution in [0.3, 0.4) is 0 Å². The van der Waals surface area contributed by atoms with Gasteiger partial charge in [0.05, 0.1) is 11.4 Å². The normalized spacial score (nSPS) is 18.7. The van der Waals surface area contributed by atoms with E-state index in [2.05, 4.69) is 16.2 Å². The first kappa shape index (κ1) is 16.4. The molecule has 5 heteroatoms. The highest BCUT2D eigenvalue weighted by Gasteiger charge is 2.22. The third-order valence-electron chi connectivity index (χ3n) is 5.15. The Balaban J connectivity index is 1.82. The molecule has 2 N–H and O–H groups in total. The zero-order valence-corrected chi connectivity index (χ0v) is 15.2. The van der Waals surface area contributed by atoms with Crippen molar-refractivity contribution in [2.45, 2.75) is 38.8 Å². The number of rotatable bonds is 3. The number of hydrogen-bond donors (Lipinski definition) is 1. The van der Waals surface area contributed by atoms with Gasteiger partial charge in [0.15, 0.2) is 0 Å². The molecule has 4 nitrogen and oxygen atoms in total. The third kappa shape index (κ3) is 3.24. The molecule has 1 atom stereocenters. The highest BCUT2D eigenvalue weighted by Crippen LogP contribution is 2.29. The van der Waals surface area contributed by atoms with Crippen molar-refractivity contribution < 1.29 is 0 Å². The minimum atomic E-state index is 0.596. The van der Waals surface area contributed by atoms with E-state index in [1.165, 1.54) is 25.0 Å². The summed E-state index contributed by atoms with van der Waals surface area (Å²) in [7, 11) is 0. The monoisotopic (exact) mass is 354 g/mol. The Morgan fingerprint density at radius 3 is 2.72 bits per heavy atom. The van der Waals surface area contributed by atoms with E-state index in [1.807, 2.05) is 42.6 Å². The van der Waals surface area contributed by atoms with Gasteiger partial charge in [-0.25, -0.2) is 4.98 Å². The number of nitrogens with zero attached hydrogens (tertiary/aromatic N) is 3. The number of likely N-dealkylation sites (tertiary alicyclic amines) is 1. The van der Waals surface area contributed by atoms with Gasteiger partial charge in [-0.15, -0.1) is 0 Å². The molecule has 25 heavy (non-hydrogen) atoms. The lowest BCUT2D eigenvalue weighted by molar-refractivity contribution is 0.151. The number of fused-ring (bicyclic) bond motifs is 1. The average molecular weight is 355 g/mol. The van der Waals surface area contributed by atoms with Gasteiger partial charge in [-0.05, 0) is 50.6 Å². The van der Waals surface area contributed by atoms with E-state index in [9.17, 15) is 0 Å². The van der Waals surface area contributed by atoms with E-state index in [0.29, 0.717) is 6.04 Å². The van der Waals surface area contributed by atoms with Crippen molar-refractivity contribution in [1.29, 1.82) is 0 Å². The van der Waals surface area contributed by atoms with E-state index in [-0.39, 0.29) is 0 Å². The number of benzene rings is 1. The fourth-order valence-electron chi connectivity index (χ4n) is 3.68. The van der Waals surface area contributed by atoms with Crippen LogP contribution in [0.25, 0.3) is 16.9 Å². The van der Waals surface area contributed by atoms with Crippen molar-refractivity contribution >= 4 is 22.9 Å². The summed E-state index contributed by atoms with van der Waals surface area (Å²) >= 11 is 6.06. The lowest BCUT2D eigenvalue weighted by atomic mass is 10.0. The number of nitrogens with two attached hydrogens (primary N) is 1. The quantitative estimate of drug-likeness (QED) is 0.747. The fourth-order valence-corrected chi connectivity index (χ4v) is 3.81. The SMILES string of the molecule is CC1CCCCN1Cc1c(-c2ccc(Cl)cc2)nc2ccc(N)cn12. The Kier molecular flexibility index (Phi) is 4.40. The molecule has 2 aromatic heterocycles. The molecule has 130 valence electrons. The predicted molar refractivity (Wildman–Crippen MR) is 104 cm³/mol. The second kappa shape index (κ2) is 6.70. The van der Waals surface area contributed by atoms with Crippen LogP contribution < -0.4 is 5.73 Å². The molecule has 0 spiro atoms. The molecule has 1 unspecified atom stereocenters. The third-order valence-corrected chi connectivity index (χ3v) is 5.40. The molecule has 0 aliphatic carbocycles. The number of anilines is 1. The number of hydrogen-bond acceptors (Lipinski definition) is 3. The van der Waals surface area contributed by atoms with E-state index in [4.69, 9.17) is 22.3 Å². The van der Waals surface area contributed by atoms with Crippen LogP contribution in [0.4, 0.5) is 5.69 Å². The van der Waals surface area contributed by atoms with E-state index >= 15 is 0 Å². The molecule has 1 aliphatic rings. The molecule has 4 rings (SSSR count). The van der Waals surface area contributed by atoms with E-state index in [0.717, 1.165) is 40.7 Å². The first-order chi connectivity index (χ1) is 12.1. The highest BCUT2D eigenvalue weighted by molar-refractivity contribution is 6.30. The summed E-state index contributed by atoms with van der Waals surface area (Å²) < 4.78 is 2.14. The summed E-state index contributed by atoms with van der Waals surface area (Å²) in [4.78, 5) is 7.43. The Labute approximate surface area is 153 Å². The number of pyridine rings is 1. The summed E-state index contributed by atoms with van der Waals surface area (Å²) in [6.45, 7) is 4.33. The smallest absolute Gasteiger partial charge is 0.137 e. The highest BCUT2D eigenvalue weighted by atomic mass is 35.5. The molecule has 3 heterocycles. The molecule has 0 bridgehead atoms. The number of halogens is 1. The van der Waals surface area contributed by atoms with Crippen LogP contribution in [0.5, 0.6) is 0 Å². The number of aromatic nitrogens is 2. The second-order valence-corrected chi connectivity index (χ2v) is 7.36. The van der Waals surface area contributed by atoms with Crippen LogP contribution in [-0.4, -0.2) is 26.9 Å². The van der Waals surface area contributed by atoms with Gasteiger partial charge >= 0.3 is 0 Å². The van der Waals surface area contributed by atoms with Crippen LogP contribution >= 0.6 is 11.6 Å². The van der Waals surface area contributed by atoms with E-state index in [1.54, 1.807) is 0 Å². The Bertz CT molecular complexity index is 885. The fraction of sp³-hybridized carbons (Fsp3) is 0.350. The predicted octanol–water partition coefficient (Wildman–Crippen LogP) is 4.61. The van der Waals surface area contributed by atoms with Gasteiger partial charge in [-0.3, -0.25) is 4.90 Å². The van der Waals surface area contributed by atoms with Crippen molar-refractivity contribution in [3.8, 4) is 11.3 Å². The Morgan fingerprint density at radius 1 is 1.16 bits per heavy atom. The summed E-state index contributed by atoms with van der Waals surface area (Å²) in [5.74, 6) is 0. The maximum absolute atomic E-state index is 6.06. The molecule has 0 saturated carbocycles. The van der Waals surface area contributed by atoms with Gasteiger partial charge in [-0.2, -0.15) is 0 Å². The summed E-state index contributed by atoms with van der Waals surface area (Å²) in [6.07, 6.45) is 5.82.